The Morgan fingerprint density at radius 1 is 1.43 bits per heavy atom. The van der Waals surface area contributed by atoms with E-state index in [1.165, 1.54) is 20.1 Å². The minimum Gasteiger partial charge on any atom is -0.504 e. The van der Waals surface area contributed by atoms with Crippen molar-refractivity contribution in [1.29, 1.82) is 0 Å². The highest BCUT2D eigenvalue weighted by Gasteiger charge is 2.08. The summed E-state index contributed by atoms with van der Waals surface area (Å²) in [7, 11) is 1.44. The maximum atomic E-state index is 10.7. The Morgan fingerprint density at radius 2 is 2.07 bits per heavy atom. The Kier molecular flexibility index (Phi) is 2.96. The van der Waals surface area contributed by atoms with Gasteiger partial charge >= 0.3 is 5.97 Å². The number of carbonyl (C=O) groups excluding carboxylic acids is 1. The van der Waals surface area contributed by atoms with Gasteiger partial charge in [0.1, 0.15) is 5.75 Å². The van der Waals surface area contributed by atoms with Crippen LogP contribution in [0.15, 0.2) is 12.1 Å². The highest BCUT2D eigenvalue weighted by atomic mass is 16.5. The fourth-order valence-corrected chi connectivity index (χ4v) is 1.10. The fourth-order valence-electron chi connectivity index (χ4n) is 1.10. The van der Waals surface area contributed by atoms with Crippen molar-refractivity contribution in [3.63, 3.8) is 0 Å². The summed E-state index contributed by atoms with van der Waals surface area (Å²) in [6, 6.07) is 3.03. The molecule has 76 valence electrons. The van der Waals surface area contributed by atoms with Crippen LogP contribution in [-0.4, -0.2) is 18.2 Å². The zero-order valence-corrected chi connectivity index (χ0v) is 8.33. The number of aryl methyl sites for hydroxylation is 1. The number of ether oxygens (including phenoxy) is 2. The second-order valence-corrected chi connectivity index (χ2v) is 2.88. The van der Waals surface area contributed by atoms with Gasteiger partial charge in [-0.1, -0.05) is 0 Å². The van der Waals surface area contributed by atoms with Crippen LogP contribution in [0.25, 0.3) is 0 Å². The van der Waals surface area contributed by atoms with Crippen LogP contribution < -0.4 is 9.47 Å². The number of hydrogen-bond donors (Lipinski definition) is 1. The van der Waals surface area contributed by atoms with E-state index in [4.69, 9.17) is 9.47 Å². The third-order valence-electron chi connectivity index (χ3n) is 1.72. The summed E-state index contributed by atoms with van der Waals surface area (Å²) in [5.74, 6) is 0.312. The average molecular weight is 196 g/mol. The largest absolute Gasteiger partial charge is 0.504 e. The van der Waals surface area contributed by atoms with Gasteiger partial charge < -0.3 is 14.6 Å². The van der Waals surface area contributed by atoms with Crippen molar-refractivity contribution in [2.45, 2.75) is 13.8 Å². The minimum absolute atomic E-state index is 0.0587. The lowest BCUT2D eigenvalue weighted by Gasteiger charge is -2.08. The Morgan fingerprint density at radius 3 is 2.57 bits per heavy atom. The van der Waals surface area contributed by atoms with Gasteiger partial charge in [0.05, 0.1) is 7.11 Å². The average Bonchev–Trinajstić information content (AvgIpc) is 2.10. The van der Waals surface area contributed by atoms with Gasteiger partial charge in [-0.25, -0.2) is 0 Å². The third kappa shape index (κ3) is 2.16. The highest BCUT2D eigenvalue weighted by molar-refractivity contribution is 5.70. The molecule has 0 atom stereocenters. The molecule has 0 amide bonds. The number of carbonyl (C=O) groups is 1. The molecule has 0 heterocycles. The molecule has 0 fully saturated rings. The summed E-state index contributed by atoms with van der Waals surface area (Å²) < 4.78 is 9.77. The number of hydrogen-bond acceptors (Lipinski definition) is 4. The van der Waals surface area contributed by atoms with Crippen molar-refractivity contribution < 1.29 is 19.4 Å². The second-order valence-electron chi connectivity index (χ2n) is 2.88. The number of esters is 1. The molecular weight excluding hydrogens is 184 g/mol. The van der Waals surface area contributed by atoms with Crippen LogP contribution >= 0.6 is 0 Å². The molecule has 0 aromatic heterocycles. The number of aromatic hydroxyl groups is 1. The first-order chi connectivity index (χ1) is 6.54. The Balaban J connectivity index is 3.09. The number of rotatable bonds is 2. The molecule has 0 aliphatic carbocycles. The van der Waals surface area contributed by atoms with Crippen LogP contribution in [0.5, 0.6) is 17.2 Å². The molecule has 4 nitrogen and oxygen atoms in total. The lowest BCUT2D eigenvalue weighted by atomic mass is 10.2. The van der Waals surface area contributed by atoms with Crippen LogP contribution in [-0.2, 0) is 4.79 Å². The van der Waals surface area contributed by atoms with Gasteiger partial charge in [0.25, 0.3) is 0 Å². The van der Waals surface area contributed by atoms with Crippen LogP contribution in [0.2, 0.25) is 0 Å². The molecule has 0 spiro atoms. The first kappa shape index (κ1) is 10.4. The highest BCUT2D eigenvalue weighted by Crippen LogP contribution is 2.33. The molecule has 0 unspecified atom stereocenters. The van der Waals surface area contributed by atoms with E-state index in [0.717, 1.165) is 0 Å². The zero-order chi connectivity index (χ0) is 10.7. The van der Waals surface area contributed by atoms with E-state index in [0.29, 0.717) is 17.1 Å². The SMILES string of the molecule is COc1cc(OC(C)=O)cc(C)c1O. The van der Waals surface area contributed by atoms with Crippen LogP contribution in [0.1, 0.15) is 12.5 Å². The van der Waals surface area contributed by atoms with Gasteiger partial charge in [-0.2, -0.15) is 0 Å². The summed E-state index contributed by atoms with van der Waals surface area (Å²) in [6.45, 7) is 3.01. The summed E-state index contributed by atoms with van der Waals surface area (Å²) in [6.07, 6.45) is 0. The Hall–Kier alpha value is -1.71. The summed E-state index contributed by atoms with van der Waals surface area (Å²) in [5, 5.41) is 9.49. The lowest BCUT2D eigenvalue weighted by molar-refractivity contribution is -0.131. The fraction of sp³-hybridized carbons (Fsp3) is 0.300. The van der Waals surface area contributed by atoms with E-state index in [1.54, 1.807) is 13.0 Å². The molecule has 0 saturated carbocycles. The molecule has 0 saturated heterocycles. The molecule has 0 aliphatic rings. The predicted octanol–water partition coefficient (Wildman–Crippen LogP) is 1.63. The number of phenols is 1. The minimum atomic E-state index is -0.405. The van der Waals surface area contributed by atoms with Gasteiger partial charge in [-0.15, -0.1) is 0 Å². The van der Waals surface area contributed by atoms with Crippen molar-refractivity contribution in [3.05, 3.63) is 17.7 Å². The van der Waals surface area contributed by atoms with Crippen molar-refractivity contribution in [2.24, 2.45) is 0 Å². The van der Waals surface area contributed by atoms with Crippen LogP contribution in [0.4, 0.5) is 0 Å². The van der Waals surface area contributed by atoms with E-state index < -0.39 is 5.97 Å². The molecule has 1 N–H and O–H groups in total. The van der Waals surface area contributed by atoms with Crippen molar-refractivity contribution in [3.8, 4) is 17.2 Å². The van der Waals surface area contributed by atoms with Gasteiger partial charge in [0, 0.05) is 13.0 Å². The maximum Gasteiger partial charge on any atom is 0.308 e. The van der Waals surface area contributed by atoms with Gasteiger partial charge in [-0.3, -0.25) is 4.79 Å². The summed E-state index contributed by atoms with van der Waals surface area (Å²) in [4.78, 5) is 10.7. The Bertz CT molecular complexity index is 357. The van der Waals surface area contributed by atoms with Crippen molar-refractivity contribution >= 4 is 5.97 Å². The number of phenolic OH excluding ortho intramolecular Hbond substituents is 1. The lowest BCUT2D eigenvalue weighted by Crippen LogP contribution is -2.01. The van der Waals surface area contributed by atoms with E-state index in [2.05, 4.69) is 0 Å². The number of methoxy groups -OCH3 is 1. The van der Waals surface area contributed by atoms with Crippen molar-refractivity contribution in [1.82, 2.24) is 0 Å². The normalized spacial score (nSPS) is 9.64. The summed E-state index contributed by atoms with van der Waals surface area (Å²) in [5.41, 5.74) is 0.598. The van der Waals surface area contributed by atoms with Gasteiger partial charge in [0.15, 0.2) is 11.5 Å². The first-order valence-electron chi connectivity index (χ1n) is 4.10. The second kappa shape index (κ2) is 4.00. The molecule has 0 bridgehead atoms. The Labute approximate surface area is 82.1 Å². The first-order valence-corrected chi connectivity index (χ1v) is 4.10. The molecule has 0 radical (unpaired) electrons. The monoisotopic (exact) mass is 196 g/mol. The van der Waals surface area contributed by atoms with Gasteiger partial charge in [-0.05, 0) is 18.6 Å². The number of benzene rings is 1. The van der Waals surface area contributed by atoms with Crippen LogP contribution in [0, 0.1) is 6.92 Å². The van der Waals surface area contributed by atoms with E-state index in [9.17, 15) is 9.90 Å². The van der Waals surface area contributed by atoms with Crippen molar-refractivity contribution in [2.75, 3.05) is 7.11 Å². The molecule has 0 aliphatic heterocycles. The molecule has 4 heteroatoms. The molecule has 1 rings (SSSR count). The standard InChI is InChI=1S/C10H12O4/c1-6-4-8(14-7(2)11)5-9(13-3)10(6)12/h4-5,12H,1-3H3. The zero-order valence-electron chi connectivity index (χ0n) is 8.33. The summed E-state index contributed by atoms with van der Waals surface area (Å²) >= 11 is 0. The van der Waals surface area contributed by atoms with Gasteiger partial charge in [0.2, 0.25) is 0 Å². The topological polar surface area (TPSA) is 55.8 Å². The maximum absolute atomic E-state index is 10.7. The molecule has 14 heavy (non-hydrogen) atoms. The molecule has 1 aromatic rings. The predicted molar refractivity (Wildman–Crippen MR) is 50.7 cm³/mol. The van der Waals surface area contributed by atoms with E-state index in [1.807, 2.05) is 0 Å². The van der Waals surface area contributed by atoms with Crippen LogP contribution in [0.3, 0.4) is 0 Å². The van der Waals surface area contributed by atoms with E-state index in [-0.39, 0.29) is 5.75 Å². The van der Waals surface area contributed by atoms with E-state index >= 15 is 0 Å². The molecular formula is C10H12O4. The molecule has 1 aromatic carbocycles. The third-order valence-corrected chi connectivity index (χ3v) is 1.72. The quantitative estimate of drug-likeness (QED) is 0.577. The smallest absolute Gasteiger partial charge is 0.308 e.